The van der Waals surface area contributed by atoms with Gasteiger partial charge in [0.2, 0.25) is 5.91 Å². The minimum atomic E-state index is -0.388. The summed E-state index contributed by atoms with van der Waals surface area (Å²) in [6, 6.07) is 13.2. The molecule has 2 N–H and O–H groups in total. The molecule has 3 heterocycles. The smallest absolute Gasteiger partial charge is 0.236 e. The molecule has 0 spiro atoms. The lowest BCUT2D eigenvalue weighted by molar-refractivity contribution is -0.131. The highest BCUT2D eigenvalue weighted by Crippen LogP contribution is 2.35. The van der Waals surface area contributed by atoms with Crippen molar-refractivity contribution < 1.29 is 13.9 Å². The first-order valence-corrected chi connectivity index (χ1v) is 11.3. The van der Waals surface area contributed by atoms with Gasteiger partial charge in [0.05, 0.1) is 37.1 Å². The number of amides is 1. The molecule has 1 amide bonds. The molecule has 5 rings (SSSR count). The van der Waals surface area contributed by atoms with Crippen LogP contribution < -0.4 is 10.1 Å². The largest absolute Gasteiger partial charge is 0.494 e. The van der Waals surface area contributed by atoms with E-state index in [0.717, 1.165) is 46.3 Å². The number of carbonyl (C=O) groups is 1. The number of rotatable bonds is 6. The summed E-state index contributed by atoms with van der Waals surface area (Å²) in [4.78, 5) is 23.1. The van der Waals surface area contributed by atoms with Crippen LogP contribution in [0.25, 0.3) is 21.8 Å². The van der Waals surface area contributed by atoms with E-state index in [4.69, 9.17) is 9.72 Å². The number of hydrogen-bond acceptors (Lipinski definition) is 4. The molecule has 0 saturated heterocycles. The molecule has 4 aromatic rings. The van der Waals surface area contributed by atoms with E-state index in [2.05, 4.69) is 22.4 Å². The van der Waals surface area contributed by atoms with E-state index in [9.17, 15) is 9.18 Å². The highest BCUT2D eigenvalue weighted by molar-refractivity contribution is 6.10. The summed E-state index contributed by atoms with van der Waals surface area (Å²) in [5.41, 5.74) is 5.82. The normalized spacial score (nSPS) is 13.5. The third kappa shape index (κ3) is 3.93. The molecule has 0 aliphatic carbocycles. The van der Waals surface area contributed by atoms with Gasteiger partial charge in [-0.1, -0.05) is 31.2 Å². The van der Waals surface area contributed by atoms with Crippen molar-refractivity contribution in [1.29, 1.82) is 0 Å². The Morgan fingerprint density at radius 3 is 2.91 bits per heavy atom. The summed E-state index contributed by atoms with van der Waals surface area (Å²) >= 11 is 0. The van der Waals surface area contributed by atoms with Gasteiger partial charge in [-0.25, -0.2) is 4.39 Å². The number of aromatic amines is 1. The zero-order valence-electron chi connectivity index (χ0n) is 18.9. The van der Waals surface area contributed by atoms with Crippen LogP contribution in [-0.2, 0) is 24.2 Å². The van der Waals surface area contributed by atoms with Gasteiger partial charge in [0.15, 0.2) is 11.6 Å². The molecular weight excluding hydrogens is 419 g/mol. The summed E-state index contributed by atoms with van der Waals surface area (Å²) in [7, 11) is 1.46. The number of nitrogens with one attached hydrogen (secondary N) is 2. The fourth-order valence-corrected chi connectivity index (χ4v) is 4.71. The Balaban J connectivity index is 1.60. The lowest BCUT2D eigenvalue weighted by Gasteiger charge is -2.29. The zero-order valence-corrected chi connectivity index (χ0v) is 18.9. The molecule has 170 valence electrons. The Labute approximate surface area is 191 Å². The number of pyridine rings is 1. The third-order valence-electron chi connectivity index (χ3n) is 6.35. The fourth-order valence-electron chi connectivity index (χ4n) is 4.71. The Morgan fingerprint density at radius 2 is 2.12 bits per heavy atom. The number of H-pyrrole nitrogens is 1. The van der Waals surface area contributed by atoms with Gasteiger partial charge in [-0.2, -0.15) is 0 Å². The molecule has 0 bridgehead atoms. The fraction of sp³-hybridized carbons (Fsp3) is 0.308. The zero-order chi connectivity index (χ0) is 22.9. The number of benzene rings is 2. The lowest BCUT2D eigenvalue weighted by atomic mass is 9.96. The second-order valence-corrected chi connectivity index (χ2v) is 8.40. The van der Waals surface area contributed by atoms with E-state index in [1.807, 2.05) is 30.0 Å². The highest BCUT2D eigenvalue weighted by Gasteiger charge is 2.26. The standard InChI is InChI=1S/C26H27FN4O2/c1-3-28-14-24(32)31-11-10-18-22(15-31)29-21(13-16-8-9-23(33-2)19(27)12-16)26-25(18)17-6-4-5-7-20(17)30-26/h4-9,12,28,30H,3,10-11,13-15H2,1-2H3. The summed E-state index contributed by atoms with van der Waals surface area (Å²) in [5.74, 6) is -0.0779. The first-order chi connectivity index (χ1) is 16.1. The number of methoxy groups -OCH3 is 1. The summed E-state index contributed by atoms with van der Waals surface area (Å²) in [6.07, 6.45) is 1.23. The number of para-hydroxylation sites is 1. The van der Waals surface area contributed by atoms with Gasteiger partial charge in [0.1, 0.15) is 0 Å². The summed E-state index contributed by atoms with van der Waals surface area (Å²) in [5, 5.41) is 5.43. The number of ether oxygens (including phenoxy) is 1. The second kappa shape index (κ2) is 8.83. The molecule has 2 aromatic carbocycles. The van der Waals surface area contributed by atoms with Gasteiger partial charge in [-0.05, 0) is 42.3 Å². The first kappa shape index (κ1) is 21.4. The molecule has 0 atom stereocenters. The van der Waals surface area contributed by atoms with E-state index in [1.54, 1.807) is 6.07 Å². The van der Waals surface area contributed by atoms with Crippen molar-refractivity contribution in [3.8, 4) is 5.75 Å². The number of aromatic nitrogens is 2. The molecule has 0 unspecified atom stereocenters. The van der Waals surface area contributed by atoms with Crippen LogP contribution in [0.3, 0.4) is 0 Å². The van der Waals surface area contributed by atoms with Gasteiger partial charge < -0.3 is 19.9 Å². The Morgan fingerprint density at radius 1 is 1.27 bits per heavy atom. The molecule has 1 aliphatic heterocycles. The van der Waals surface area contributed by atoms with Gasteiger partial charge in [-0.3, -0.25) is 9.78 Å². The van der Waals surface area contributed by atoms with Crippen LogP contribution in [0, 0.1) is 5.82 Å². The molecule has 33 heavy (non-hydrogen) atoms. The molecule has 7 heteroatoms. The molecule has 2 aromatic heterocycles. The van der Waals surface area contributed by atoms with E-state index in [0.29, 0.717) is 26.1 Å². The minimum Gasteiger partial charge on any atom is -0.494 e. The van der Waals surface area contributed by atoms with Crippen molar-refractivity contribution in [3.63, 3.8) is 0 Å². The van der Waals surface area contributed by atoms with Crippen molar-refractivity contribution in [1.82, 2.24) is 20.2 Å². The van der Waals surface area contributed by atoms with E-state index in [1.165, 1.54) is 24.1 Å². The predicted molar refractivity (Wildman–Crippen MR) is 127 cm³/mol. The van der Waals surface area contributed by atoms with Gasteiger partial charge in [0, 0.05) is 29.3 Å². The molecule has 0 fully saturated rings. The van der Waals surface area contributed by atoms with Gasteiger partial charge in [-0.15, -0.1) is 0 Å². The Hall–Kier alpha value is -3.45. The molecular formula is C26H27FN4O2. The number of carbonyl (C=O) groups excluding carboxylic acids is 1. The third-order valence-corrected chi connectivity index (χ3v) is 6.35. The maximum absolute atomic E-state index is 14.3. The van der Waals surface area contributed by atoms with Crippen LogP contribution in [0.4, 0.5) is 4.39 Å². The van der Waals surface area contributed by atoms with Crippen molar-refractivity contribution >= 4 is 27.7 Å². The Bertz CT molecular complexity index is 1350. The average molecular weight is 447 g/mol. The minimum absolute atomic E-state index is 0.0853. The Kier molecular flexibility index (Phi) is 5.72. The average Bonchev–Trinajstić information content (AvgIpc) is 3.22. The van der Waals surface area contributed by atoms with Crippen molar-refractivity contribution in [2.75, 3.05) is 26.7 Å². The number of fused-ring (bicyclic) bond motifs is 5. The quantitative estimate of drug-likeness (QED) is 0.471. The molecule has 0 saturated carbocycles. The maximum atomic E-state index is 14.3. The topological polar surface area (TPSA) is 70.2 Å². The van der Waals surface area contributed by atoms with Crippen LogP contribution in [0.15, 0.2) is 42.5 Å². The monoisotopic (exact) mass is 446 g/mol. The van der Waals surface area contributed by atoms with Gasteiger partial charge in [0.25, 0.3) is 0 Å². The maximum Gasteiger partial charge on any atom is 0.236 e. The van der Waals surface area contributed by atoms with Crippen LogP contribution in [0.2, 0.25) is 0 Å². The lowest BCUT2D eigenvalue weighted by Crippen LogP contribution is -2.41. The number of nitrogens with zero attached hydrogens (tertiary/aromatic N) is 2. The van der Waals surface area contributed by atoms with E-state index < -0.39 is 0 Å². The molecule has 0 radical (unpaired) electrons. The predicted octanol–water partition coefficient (Wildman–Crippen LogP) is 3.95. The molecule has 1 aliphatic rings. The van der Waals surface area contributed by atoms with Crippen LogP contribution in [0.1, 0.15) is 29.4 Å². The SMILES string of the molecule is CCNCC(=O)N1CCc2c(nc(Cc3ccc(OC)c(F)c3)c3[nH]c4ccccc4c23)C1. The number of halogens is 1. The number of hydrogen-bond donors (Lipinski definition) is 2. The second-order valence-electron chi connectivity index (χ2n) is 8.40. The van der Waals surface area contributed by atoms with Crippen molar-refractivity contribution in [2.45, 2.75) is 26.3 Å². The van der Waals surface area contributed by atoms with Crippen LogP contribution in [0.5, 0.6) is 5.75 Å². The summed E-state index contributed by atoms with van der Waals surface area (Å²) in [6.45, 7) is 4.24. The summed E-state index contributed by atoms with van der Waals surface area (Å²) < 4.78 is 19.4. The molecule has 6 nitrogen and oxygen atoms in total. The van der Waals surface area contributed by atoms with Crippen LogP contribution >= 0.6 is 0 Å². The van der Waals surface area contributed by atoms with Crippen LogP contribution in [-0.4, -0.2) is 47.5 Å². The van der Waals surface area contributed by atoms with Crippen molar-refractivity contribution in [2.24, 2.45) is 0 Å². The van der Waals surface area contributed by atoms with E-state index >= 15 is 0 Å². The van der Waals surface area contributed by atoms with Crippen molar-refractivity contribution in [3.05, 3.63) is 70.8 Å². The van der Waals surface area contributed by atoms with Gasteiger partial charge >= 0.3 is 0 Å². The van der Waals surface area contributed by atoms with E-state index in [-0.39, 0.29) is 17.5 Å². The highest BCUT2D eigenvalue weighted by atomic mass is 19.1. The number of likely N-dealkylation sites (N-methyl/N-ethyl adjacent to an activating group) is 1. The first-order valence-electron chi connectivity index (χ1n) is 11.3.